The second-order valence-electron chi connectivity index (χ2n) is 12.7. The molecule has 0 saturated heterocycles. The van der Waals surface area contributed by atoms with E-state index in [1.807, 2.05) is 20.8 Å². The Morgan fingerprint density at radius 3 is 1.18 bits per heavy atom. The molecule has 3 rings (SSSR count). The minimum atomic E-state index is -4.22. The topological polar surface area (TPSA) is 153 Å². The van der Waals surface area contributed by atoms with Crippen LogP contribution in [0.3, 0.4) is 0 Å². The number of aliphatic hydroxyl groups excluding tert-OH is 1. The maximum absolute atomic E-state index is 14.1. The third-order valence-corrected chi connectivity index (χ3v) is 14.4. The van der Waals surface area contributed by atoms with Crippen molar-refractivity contribution in [3.8, 4) is 0 Å². The summed E-state index contributed by atoms with van der Waals surface area (Å²) in [5.74, 6) is 0. The number of hydrogen-bond acceptors (Lipinski definition) is 8. The predicted molar refractivity (Wildman–Crippen MR) is 198 cm³/mol. The highest BCUT2D eigenvalue weighted by atomic mass is 32.2. The molecule has 0 aliphatic carbocycles. The van der Waals surface area contributed by atoms with E-state index in [-0.39, 0.29) is 54.0 Å². The number of unbranched alkanes of at least 4 members (excludes halogenated alkanes) is 6. The molecule has 0 fully saturated rings. The summed E-state index contributed by atoms with van der Waals surface area (Å²) in [6.45, 7) is 6.02. The lowest BCUT2D eigenvalue weighted by Gasteiger charge is -2.30. The van der Waals surface area contributed by atoms with Crippen LogP contribution in [0.2, 0.25) is 6.82 Å². The molecule has 0 spiro atoms. The highest BCUT2D eigenvalue weighted by Gasteiger charge is 2.34. The molecule has 15 heteroatoms. The van der Waals surface area contributed by atoms with Gasteiger partial charge in [-0.25, -0.2) is 29.5 Å². The first-order chi connectivity index (χ1) is 23.6. The van der Waals surface area contributed by atoms with Gasteiger partial charge in [0.1, 0.15) is 0 Å². The summed E-state index contributed by atoms with van der Waals surface area (Å²) in [7, 11) is -13.9. The van der Waals surface area contributed by atoms with Gasteiger partial charge >= 0.3 is 7.05 Å². The lowest BCUT2D eigenvalue weighted by Crippen LogP contribution is -2.48. The van der Waals surface area contributed by atoms with E-state index in [4.69, 9.17) is 5.11 Å². The molecule has 11 nitrogen and oxygen atoms in total. The van der Waals surface area contributed by atoms with E-state index in [0.29, 0.717) is 6.42 Å². The zero-order valence-corrected chi connectivity index (χ0v) is 32.1. The molecular weight excluding hydrogens is 697 g/mol. The molecule has 0 aromatic heterocycles. The van der Waals surface area contributed by atoms with Gasteiger partial charge in [-0.05, 0) is 76.8 Å². The van der Waals surface area contributed by atoms with Crippen LogP contribution in [0.15, 0.2) is 87.5 Å². The quantitative estimate of drug-likeness (QED) is 0.110. The van der Waals surface area contributed by atoms with E-state index >= 15 is 0 Å². The lowest BCUT2D eigenvalue weighted by molar-refractivity contribution is 0.282. The van der Waals surface area contributed by atoms with Crippen LogP contribution in [0.4, 0.5) is 0 Å². The van der Waals surface area contributed by atoms with Gasteiger partial charge in [0.25, 0.3) is 0 Å². The first-order valence-corrected chi connectivity index (χ1v) is 21.4. The third kappa shape index (κ3) is 11.7. The normalized spacial score (nSPS) is 12.7. The molecule has 2 N–H and O–H groups in total. The zero-order chi connectivity index (χ0) is 37.0. The van der Waals surface area contributed by atoms with Crippen LogP contribution in [-0.2, 0) is 30.1 Å². The van der Waals surface area contributed by atoms with Crippen molar-refractivity contribution in [2.75, 3.05) is 39.3 Å². The number of hydrogen-bond donors (Lipinski definition) is 2. The monoisotopic (exact) mass is 749 g/mol. The molecule has 276 valence electrons. The molecular formula is C35H52BN3O8S3. The Bertz CT molecular complexity index is 1800. The Hall–Kier alpha value is -2.63. The number of sulfonamides is 3. The Morgan fingerprint density at radius 1 is 0.480 bits per heavy atom. The second kappa shape index (κ2) is 19.3. The summed E-state index contributed by atoms with van der Waals surface area (Å²) in [4.78, 5) is 0.0486. The van der Waals surface area contributed by atoms with Gasteiger partial charge < -0.3 is 10.1 Å². The zero-order valence-electron chi connectivity index (χ0n) is 29.6. The minimum Gasteiger partial charge on any atom is -0.437 e. The fraction of sp³-hybridized carbons (Fsp3) is 0.486. The smallest absolute Gasteiger partial charge is 0.390 e. The summed E-state index contributed by atoms with van der Waals surface area (Å²) in [6.07, 6.45) is 5.92. The van der Waals surface area contributed by atoms with Crippen LogP contribution in [0.25, 0.3) is 0 Å². The van der Waals surface area contributed by atoms with E-state index in [2.05, 4.69) is 0 Å². The van der Waals surface area contributed by atoms with Crippen molar-refractivity contribution in [2.24, 2.45) is 0 Å². The maximum atomic E-state index is 14.1. The molecule has 3 aromatic rings. The molecule has 0 unspecified atom stereocenters. The molecule has 0 amide bonds. The largest absolute Gasteiger partial charge is 0.437 e. The molecule has 0 aliphatic heterocycles. The summed E-state index contributed by atoms with van der Waals surface area (Å²) in [6, 6.07) is 18.9. The van der Waals surface area contributed by atoms with E-state index in [0.717, 1.165) is 63.7 Å². The molecule has 0 aliphatic rings. The molecule has 0 atom stereocenters. The van der Waals surface area contributed by atoms with Crippen LogP contribution in [0.5, 0.6) is 0 Å². The van der Waals surface area contributed by atoms with Gasteiger partial charge in [0.15, 0.2) is 0 Å². The highest BCUT2D eigenvalue weighted by Crippen LogP contribution is 2.22. The summed E-state index contributed by atoms with van der Waals surface area (Å²) >= 11 is 0. The second-order valence-corrected chi connectivity index (χ2v) is 18.5. The number of aliphatic hydroxyl groups is 1. The minimum absolute atomic E-state index is 0.0118. The molecule has 50 heavy (non-hydrogen) atoms. The van der Waals surface area contributed by atoms with Gasteiger partial charge in [-0.2, -0.15) is 8.61 Å². The van der Waals surface area contributed by atoms with Gasteiger partial charge in [-0.1, -0.05) is 85.2 Å². The Kier molecular flexibility index (Phi) is 16.1. The molecule has 0 bridgehead atoms. The fourth-order valence-corrected chi connectivity index (χ4v) is 9.86. The van der Waals surface area contributed by atoms with Gasteiger partial charge in [0.2, 0.25) is 30.1 Å². The van der Waals surface area contributed by atoms with Crippen LogP contribution in [0, 0.1) is 20.8 Å². The molecule has 0 radical (unpaired) electrons. The van der Waals surface area contributed by atoms with Gasteiger partial charge in [-0.3, -0.25) is 0 Å². The van der Waals surface area contributed by atoms with Crippen molar-refractivity contribution in [3.63, 3.8) is 0 Å². The van der Waals surface area contributed by atoms with Gasteiger partial charge in [-0.15, -0.1) is 0 Å². The van der Waals surface area contributed by atoms with E-state index in [1.165, 1.54) is 47.5 Å². The van der Waals surface area contributed by atoms with Crippen molar-refractivity contribution in [1.82, 2.24) is 12.8 Å². The van der Waals surface area contributed by atoms with Crippen LogP contribution in [-0.4, -0.2) is 94.6 Å². The van der Waals surface area contributed by atoms with Crippen molar-refractivity contribution >= 4 is 37.1 Å². The van der Waals surface area contributed by atoms with Gasteiger partial charge in [0.05, 0.1) is 14.7 Å². The lowest BCUT2D eigenvalue weighted by atomic mass is 9.89. The predicted octanol–water partition coefficient (Wildman–Crippen LogP) is 4.82. The van der Waals surface area contributed by atoms with Crippen LogP contribution >= 0.6 is 0 Å². The molecule has 0 saturated carbocycles. The molecule has 0 heterocycles. The van der Waals surface area contributed by atoms with Crippen LogP contribution < -0.4 is 0 Å². The standard InChI is InChI=1S/C35H52BN3O8S3/c1-30-12-18-33(19-13-30)48(42,43)37(24-10-8-6-5-7-9-11-29-40)25-26-38(49(44,45)34-20-14-31(2)15-21-34)27-28-39(36(4)41)50(46,47)35-22-16-32(3)17-23-35/h12-23,40-41H,5-11,24-29H2,1-4H3. The Balaban J connectivity index is 1.91. The average Bonchev–Trinajstić information content (AvgIpc) is 3.06. The summed E-state index contributed by atoms with van der Waals surface area (Å²) in [5.41, 5.74) is 2.60. The average molecular weight is 750 g/mol. The SMILES string of the molecule is CB(O)N(CCN(CCN(CCCCCCCCCO)S(=O)(=O)c1ccc(C)cc1)S(=O)(=O)c1ccc(C)cc1)S(=O)(=O)c1ccc(C)cc1. The van der Waals surface area contributed by atoms with Crippen molar-refractivity contribution in [2.45, 2.75) is 87.2 Å². The Morgan fingerprint density at radius 2 is 0.800 bits per heavy atom. The van der Waals surface area contributed by atoms with Crippen LogP contribution in [0.1, 0.15) is 61.6 Å². The number of rotatable bonds is 22. The third-order valence-electron chi connectivity index (χ3n) is 8.60. The number of benzene rings is 3. The molecule has 3 aromatic carbocycles. The van der Waals surface area contributed by atoms with E-state index in [1.54, 1.807) is 36.4 Å². The number of aryl methyl sites for hydroxylation is 3. The maximum Gasteiger partial charge on any atom is 0.390 e. The Labute approximate surface area is 300 Å². The van der Waals surface area contributed by atoms with E-state index < -0.39 is 37.1 Å². The summed E-state index contributed by atoms with van der Waals surface area (Å²) in [5, 5.41) is 19.6. The summed E-state index contributed by atoms with van der Waals surface area (Å²) < 4.78 is 86.4. The van der Waals surface area contributed by atoms with Gasteiger partial charge in [0, 0.05) is 39.3 Å². The van der Waals surface area contributed by atoms with E-state index in [9.17, 15) is 30.3 Å². The van der Waals surface area contributed by atoms with Crippen molar-refractivity contribution in [1.29, 1.82) is 0 Å². The highest BCUT2D eigenvalue weighted by molar-refractivity contribution is 7.90. The number of nitrogens with zero attached hydrogens (tertiary/aromatic N) is 3. The first-order valence-electron chi connectivity index (χ1n) is 17.1. The first kappa shape index (κ1) is 41.8. The van der Waals surface area contributed by atoms with Crippen molar-refractivity contribution < 1.29 is 35.4 Å². The fourth-order valence-electron chi connectivity index (χ4n) is 5.49. The van der Waals surface area contributed by atoms with Crippen molar-refractivity contribution in [3.05, 3.63) is 89.5 Å².